The van der Waals surface area contributed by atoms with Crippen molar-refractivity contribution in [3.05, 3.63) is 0 Å². The lowest BCUT2D eigenvalue weighted by Gasteiger charge is -2.22. The average Bonchev–Trinajstić information content (AvgIpc) is 2.32. The molecule has 114 valence electrons. The van der Waals surface area contributed by atoms with E-state index in [1.165, 1.54) is 0 Å². The highest BCUT2D eigenvalue weighted by Crippen LogP contribution is 2.29. The van der Waals surface area contributed by atoms with E-state index in [1.54, 1.807) is 0 Å². The predicted octanol–water partition coefficient (Wildman–Crippen LogP) is 2.56. The maximum Gasteiger partial charge on any atom is 0.441 e. The molecular formula is C11H20ClF3N2OS. The molecule has 1 amide bonds. The summed E-state index contributed by atoms with van der Waals surface area (Å²) in [6, 6.07) is 0. The van der Waals surface area contributed by atoms with E-state index in [2.05, 4.69) is 10.6 Å². The largest absolute Gasteiger partial charge is 0.441 e. The Morgan fingerprint density at radius 2 is 1.95 bits per heavy atom. The van der Waals surface area contributed by atoms with Crippen LogP contribution in [0.4, 0.5) is 13.2 Å². The molecule has 0 spiro atoms. The van der Waals surface area contributed by atoms with Crippen LogP contribution in [0.25, 0.3) is 0 Å². The third-order valence-corrected chi connectivity index (χ3v) is 3.66. The Bertz CT molecular complexity index is 261. The summed E-state index contributed by atoms with van der Waals surface area (Å²) in [7, 11) is 0. The van der Waals surface area contributed by atoms with Crippen molar-refractivity contribution in [3.63, 3.8) is 0 Å². The number of rotatable bonds is 6. The average molecular weight is 321 g/mol. The summed E-state index contributed by atoms with van der Waals surface area (Å²) >= 11 is -0.101. The molecule has 1 saturated heterocycles. The topological polar surface area (TPSA) is 41.1 Å². The lowest BCUT2D eigenvalue weighted by molar-refractivity contribution is -0.121. The number of thioether (sulfide) groups is 1. The van der Waals surface area contributed by atoms with Crippen LogP contribution in [0.15, 0.2) is 0 Å². The molecule has 19 heavy (non-hydrogen) atoms. The van der Waals surface area contributed by atoms with E-state index in [9.17, 15) is 18.0 Å². The molecule has 0 saturated carbocycles. The number of carbonyl (C=O) groups excluding carboxylic acids is 1. The number of carbonyl (C=O) groups is 1. The van der Waals surface area contributed by atoms with Gasteiger partial charge in [-0.05, 0) is 50.0 Å². The van der Waals surface area contributed by atoms with Crippen molar-refractivity contribution in [2.24, 2.45) is 5.92 Å². The number of alkyl halides is 3. The number of hydrogen-bond donors (Lipinski definition) is 2. The van der Waals surface area contributed by atoms with E-state index in [1.807, 2.05) is 0 Å². The van der Waals surface area contributed by atoms with Gasteiger partial charge in [0, 0.05) is 18.7 Å². The molecule has 0 aromatic carbocycles. The molecular weight excluding hydrogens is 301 g/mol. The highest BCUT2D eigenvalue weighted by Gasteiger charge is 2.27. The molecule has 0 bridgehead atoms. The highest BCUT2D eigenvalue weighted by molar-refractivity contribution is 8.00. The van der Waals surface area contributed by atoms with Gasteiger partial charge in [-0.1, -0.05) is 0 Å². The quantitative estimate of drug-likeness (QED) is 0.739. The molecule has 8 heteroatoms. The van der Waals surface area contributed by atoms with Crippen molar-refractivity contribution in [1.82, 2.24) is 10.6 Å². The maximum atomic E-state index is 11.8. The number of halogens is 4. The summed E-state index contributed by atoms with van der Waals surface area (Å²) < 4.78 is 35.4. The van der Waals surface area contributed by atoms with E-state index < -0.39 is 5.51 Å². The van der Waals surface area contributed by atoms with Crippen LogP contribution in [0.5, 0.6) is 0 Å². The number of hydrogen-bond acceptors (Lipinski definition) is 3. The summed E-state index contributed by atoms with van der Waals surface area (Å²) in [6.45, 7) is 2.07. The van der Waals surface area contributed by atoms with Crippen LogP contribution >= 0.6 is 24.2 Å². The van der Waals surface area contributed by atoms with E-state index >= 15 is 0 Å². The molecule has 0 atom stereocenters. The Morgan fingerprint density at radius 3 is 2.53 bits per heavy atom. The summed E-state index contributed by atoms with van der Waals surface area (Å²) in [5, 5.41) is 5.77. The minimum absolute atomic E-state index is 0. The molecule has 1 fully saturated rings. The fourth-order valence-electron chi connectivity index (χ4n) is 1.95. The van der Waals surface area contributed by atoms with Gasteiger partial charge in [0.05, 0.1) is 0 Å². The van der Waals surface area contributed by atoms with Crippen LogP contribution in [-0.4, -0.2) is 36.8 Å². The van der Waals surface area contributed by atoms with E-state index in [4.69, 9.17) is 0 Å². The van der Waals surface area contributed by atoms with Crippen molar-refractivity contribution < 1.29 is 18.0 Å². The van der Waals surface area contributed by atoms with Crippen LogP contribution in [-0.2, 0) is 4.79 Å². The molecule has 0 aromatic rings. The number of piperidine rings is 1. The normalized spacial score (nSPS) is 16.8. The monoisotopic (exact) mass is 320 g/mol. The lowest BCUT2D eigenvalue weighted by Crippen LogP contribution is -2.30. The van der Waals surface area contributed by atoms with Gasteiger partial charge in [-0.15, -0.1) is 12.4 Å². The van der Waals surface area contributed by atoms with Gasteiger partial charge >= 0.3 is 5.51 Å². The van der Waals surface area contributed by atoms with Gasteiger partial charge in [-0.2, -0.15) is 13.2 Å². The minimum Gasteiger partial charge on any atom is -0.355 e. The first-order valence-corrected chi connectivity index (χ1v) is 7.14. The van der Waals surface area contributed by atoms with Crippen LogP contribution in [0, 0.1) is 5.92 Å². The molecule has 2 N–H and O–H groups in total. The summed E-state index contributed by atoms with van der Waals surface area (Å²) in [4.78, 5) is 11.4. The smallest absolute Gasteiger partial charge is 0.355 e. The standard InChI is InChI=1S/C11H19F3N2OS.ClH/c12-11(13,14)18-8-7-16-10(17)2-1-9-3-5-15-6-4-9;/h9,15H,1-8H2,(H,16,17);1H. The first kappa shape index (κ1) is 18.9. The van der Waals surface area contributed by atoms with Crippen molar-refractivity contribution in [3.8, 4) is 0 Å². The number of amides is 1. The molecule has 1 aliphatic heterocycles. The zero-order valence-electron chi connectivity index (χ0n) is 10.6. The van der Waals surface area contributed by atoms with Crippen molar-refractivity contribution in [2.45, 2.75) is 31.2 Å². The molecule has 1 aliphatic rings. The van der Waals surface area contributed by atoms with Gasteiger partial charge in [0.15, 0.2) is 0 Å². The van der Waals surface area contributed by atoms with Gasteiger partial charge < -0.3 is 10.6 Å². The second kappa shape index (κ2) is 9.72. The third-order valence-electron chi connectivity index (χ3n) is 2.93. The van der Waals surface area contributed by atoms with Gasteiger partial charge in [0.1, 0.15) is 0 Å². The SMILES string of the molecule is Cl.O=C(CCC1CCNCC1)NCCSC(F)(F)F. The Kier molecular flexibility index (Phi) is 9.64. The molecule has 1 rings (SSSR count). The molecule has 0 aromatic heterocycles. The van der Waals surface area contributed by atoms with E-state index in [-0.39, 0.29) is 42.4 Å². The van der Waals surface area contributed by atoms with Crippen LogP contribution in [0.2, 0.25) is 0 Å². The van der Waals surface area contributed by atoms with Crippen LogP contribution in [0.3, 0.4) is 0 Å². The minimum atomic E-state index is -4.21. The second-order valence-corrected chi connectivity index (χ2v) is 5.54. The molecule has 1 heterocycles. The first-order valence-electron chi connectivity index (χ1n) is 6.15. The zero-order chi connectivity index (χ0) is 13.4. The van der Waals surface area contributed by atoms with Crippen molar-refractivity contribution in [1.29, 1.82) is 0 Å². The fraction of sp³-hybridized carbons (Fsp3) is 0.909. The van der Waals surface area contributed by atoms with Gasteiger partial charge in [-0.25, -0.2) is 0 Å². The summed E-state index contributed by atoms with van der Waals surface area (Å²) in [5.41, 5.74) is -4.21. The lowest BCUT2D eigenvalue weighted by atomic mass is 9.93. The Labute approximate surface area is 121 Å². The van der Waals surface area contributed by atoms with Crippen LogP contribution < -0.4 is 10.6 Å². The molecule has 0 radical (unpaired) electrons. The zero-order valence-corrected chi connectivity index (χ0v) is 12.2. The second-order valence-electron chi connectivity index (χ2n) is 4.38. The Hall–Kier alpha value is -0.140. The first-order chi connectivity index (χ1) is 8.47. The molecule has 0 aliphatic carbocycles. The van der Waals surface area contributed by atoms with Crippen molar-refractivity contribution in [2.75, 3.05) is 25.4 Å². The maximum absolute atomic E-state index is 11.8. The highest BCUT2D eigenvalue weighted by atomic mass is 35.5. The van der Waals surface area contributed by atoms with Gasteiger partial charge in [0.2, 0.25) is 5.91 Å². The Morgan fingerprint density at radius 1 is 1.32 bits per heavy atom. The van der Waals surface area contributed by atoms with Crippen LogP contribution in [0.1, 0.15) is 25.7 Å². The van der Waals surface area contributed by atoms with E-state index in [0.29, 0.717) is 12.3 Å². The summed E-state index contributed by atoms with van der Waals surface area (Å²) in [6.07, 6.45) is 3.41. The van der Waals surface area contributed by atoms with Gasteiger partial charge in [-0.3, -0.25) is 4.79 Å². The third kappa shape index (κ3) is 10.3. The predicted molar refractivity (Wildman–Crippen MR) is 73.6 cm³/mol. The number of nitrogens with one attached hydrogen (secondary N) is 2. The van der Waals surface area contributed by atoms with E-state index in [0.717, 1.165) is 32.4 Å². The Balaban J connectivity index is 0.00000324. The molecule has 3 nitrogen and oxygen atoms in total. The van der Waals surface area contributed by atoms with Gasteiger partial charge in [0.25, 0.3) is 0 Å². The summed E-state index contributed by atoms with van der Waals surface area (Å²) in [5.74, 6) is 0.306. The van der Waals surface area contributed by atoms with Crippen molar-refractivity contribution >= 4 is 30.1 Å². The fourth-order valence-corrected chi connectivity index (χ4v) is 2.39. The molecule has 0 unspecified atom stereocenters.